The number of fused-ring (bicyclic) bond motifs is 1. The normalized spacial score (nSPS) is 15.0. The van der Waals surface area contributed by atoms with Gasteiger partial charge in [0.25, 0.3) is 0 Å². The second-order valence-electron chi connectivity index (χ2n) is 5.95. The fourth-order valence-electron chi connectivity index (χ4n) is 3.17. The fraction of sp³-hybridized carbons (Fsp3) is 0.312. The SMILES string of the molecule is Clc1nc(NNc2c(Cl)cccc2Cl)c2ncn(C3CCCC3)c2n1. The molecule has 0 radical (unpaired) electrons. The number of halogens is 3. The molecule has 9 heteroatoms. The fourth-order valence-corrected chi connectivity index (χ4v) is 3.82. The van der Waals surface area contributed by atoms with Gasteiger partial charge < -0.3 is 4.57 Å². The van der Waals surface area contributed by atoms with Crippen LogP contribution in [0.2, 0.25) is 15.3 Å². The summed E-state index contributed by atoms with van der Waals surface area (Å²) in [5.41, 5.74) is 7.91. The monoisotopic (exact) mass is 396 g/mol. The van der Waals surface area contributed by atoms with E-state index < -0.39 is 0 Å². The van der Waals surface area contributed by atoms with Crippen molar-refractivity contribution in [2.75, 3.05) is 10.9 Å². The van der Waals surface area contributed by atoms with Crippen LogP contribution in [0.1, 0.15) is 31.7 Å². The van der Waals surface area contributed by atoms with Gasteiger partial charge in [0.15, 0.2) is 17.0 Å². The van der Waals surface area contributed by atoms with Crippen LogP contribution in [0.4, 0.5) is 11.5 Å². The minimum Gasteiger partial charge on any atom is -0.312 e. The van der Waals surface area contributed by atoms with E-state index in [1.807, 2.05) is 0 Å². The first-order valence-electron chi connectivity index (χ1n) is 7.99. The van der Waals surface area contributed by atoms with Crippen LogP contribution >= 0.6 is 34.8 Å². The summed E-state index contributed by atoms with van der Waals surface area (Å²) in [4.78, 5) is 13.1. The Labute approximate surface area is 159 Å². The number of hydrazine groups is 1. The van der Waals surface area contributed by atoms with Gasteiger partial charge in [-0.3, -0.25) is 10.9 Å². The van der Waals surface area contributed by atoms with Gasteiger partial charge in [0, 0.05) is 6.04 Å². The van der Waals surface area contributed by atoms with Gasteiger partial charge in [-0.2, -0.15) is 9.97 Å². The minimum absolute atomic E-state index is 0.154. The van der Waals surface area contributed by atoms with Crippen molar-refractivity contribution < 1.29 is 0 Å². The third-order valence-corrected chi connectivity index (χ3v) is 5.18. The molecule has 6 nitrogen and oxygen atoms in total. The molecule has 2 N–H and O–H groups in total. The quantitative estimate of drug-likeness (QED) is 0.459. The first-order valence-corrected chi connectivity index (χ1v) is 9.13. The number of para-hydroxylation sites is 1. The topological polar surface area (TPSA) is 67.7 Å². The zero-order valence-corrected chi connectivity index (χ0v) is 15.4. The highest BCUT2D eigenvalue weighted by Gasteiger charge is 2.21. The number of benzene rings is 1. The molecule has 1 aliphatic carbocycles. The highest BCUT2D eigenvalue weighted by molar-refractivity contribution is 6.39. The predicted molar refractivity (Wildman–Crippen MR) is 102 cm³/mol. The molecule has 0 bridgehead atoms. The third-order valence-electron chi connectivity index (χ3n) is 4.38. The lowest BCUT2D eigenvalue weighted by molar-refractivity contribution is 0.529. The van der Waals surface area contributed by atoms with E-state index >= 15 is 0 Å². The van der Waals surface area contributed by atoms with Gasteiger partial charge >= 0.3 is 0 Å². The molecule has 25 heavy (non-hydrogen) atoms. The third kappa shape index (κ3) is 3.21. The summed E-state index contributed by atoms with van der Waals surface area (Å²) >= 11 is 18.5. The molecule has 0 spiro atoms. The number of hydrogen-bond acceptors (Lipinski definition) is 5. The van der Waals surface area contributed by atoms with Gasteiger partial charge in [-0.1, -0.05) is 42.1 Å². The summed E-state index contributed by atoms with van der Waals surface area (Å²) < 4.78 is 2.09. The number of imidazole rings is 1. The van der Waals surface area contributed by atoms with E-state index in [1.165, 1.54) is 12.8 Å². The van der Waals surface area contributed by atoms with Crippen molar-refractivity contribution in [3.63, 3.8) is 0 Å². The highest BCUT2D eigenvalue weighted by atomic mass is 35.5. The first-order chi connectivity index (χ1) is 12.1. The van der Waals surface area contributed by atoms with E-state index in [0.29, 0.717) is 33.1 Å². The van der Waals surface area contributed by atoms with Crippen molar-refractivity contribution in [1.29, 1.82) is 0 Å². The van der Waals surface area contributed by atoms with E-state index in [2.05, 4.69) is 30.4 Å². The molecule has 1 aromatic carbocycles. The Hall–Kier alpha value is -1.76. The lowest BCUT2D eigenvalue weighted by Crippen LogP contribution is -2.12. The Morgan fingerprint density at radius 1 is 1.00 bits per heavy atom. The van der Waals surface area contributed by atoms with Crippen molar-refractivity contribution in [3.8, 4) is 0 Å². The average Bonchev–Trinajstić information content (AvgIpc) is 3.23. The van der Waals surface area contributed by atoms with Crippen molar-refractivity contribution in [3.05, 3.63) is 39.9 Å². The first kappa shape index (κ1) is 16.7. The Bertz CT molecular complexity index is 899. The Balaban J connectivity index is 1.67. The molecule has 4 rings (SSSR count). The lowest BCUT2D eigenvalue weighted by atomic mass is 10.2. The average molecular weight is 398 g/mol. The highest BCUT2D eigenvalue weighted by Crippen LogP contribution is 2.34. The zero-order chi connectivity index (χ0) is 17.4. The van der Waals surface area contributed by atoms with Gasteiger partial charge in [0.05, 0.1) is 22.1 Å². The van der Waals surface area contributed by atoms with Crippen LogP contribution < -0.4 is 10.9 Å². The van der Waals surface area contributed by atoms with Gasteiger partial charge in [-0.25, -0.2) is 4.98 Å². The van der Waals surface area contributed by atoms with E-state index in [4.69, 9.17) is 34.8 Å². The van der Waals surface area contributed by atoms with Crippen LogP contribution in [-0.2, 0) is 0 Å². The van der Waals surface area contributed by atoms with Crippen molar-refractivity contribution in [2.45, 2.75) is 31.7 Å². The van der Waals surface area contributed by atoms with Crippen molar-refractivity contribution >= 4 is 57.5 Å². The van der Waals surface area contributed by atoms with E-state index in [1.54, 1.807) is 24.5 Å². The van der Waals surface area contributed by atoms with E-state index in [-0.39, 0.29) is 5.28 Å². The number of aromatic nitrogens is 4. The second kappa shape index (κ2) is 6.86. The molecule has 0 saturated heterocycles. The van der Waals surface area contributed by atoms with Gasteiger partial charge in [0.2, 0.25) is 5.28 Å². The second-order valence-corrected chi connectivity index (χ2v) is 7.10. The smallest absolute Gasteiger partial charge is 0.226 e. The Kier molecular flexibility index (Phi) is 4.58. The van der Waals surface area contributed by atoms with Gasteiger partial charge in [-0.15, -0.1) is 0 Å². The van der Waals surface area contributed by atoms with Crippen LogP contribution in [0.15, 0.2) is 24.5 Å². The molecule has 2 aromatic heterocycles. The van der Waals surface area contributed by atoms with E-state index in [0.717, 1.165) is 18.5 Å². The van der Waals surface area contributed by atoms with Crippen LogP contribution in [-0.4, -0.2) is 19.5 Å². The van der Waals surface area contributed by atoms with E-state index in [9.17, 15) is 0 Å². The summed E-state index contributed by atoms with van der Waals surface area (Å²) in [6.45, 7) is 0. The standard InChI is InChI=1S/C16H15Cl3N6/c17-10-6-3-7-11(18)12(10)23-24-14-13-15(22-16(19)21-14)25(8-20-13)9-4-1-2-5-9/h3,6-9,23H,1-2,4-5H2,(H,21,22,24). The molecule has 0 atom stereocenters. The number of hydrogen-bond donors (Lipinski definition) is 2. The molecule has 0 aliphatic heterocycles. The van der Waals surface area contributed by atoms with Crippen LogP contribution in [0.5, 0.6) is 0 Å². The summed E-state index contributed by atoms with van der Waals surface area (Å²) in [6, 6.07) is 5.68. The maximum absolute atomic E-state index is 6.17. The Morgan fingerprint density at radius 3 is 2.44 bits per heavy atom. The van der Waals surface area contributed by atoms with Gasteiger partial charge in [-0.05, 0) is 36.6 Å². The molecular formula is C16H15Cl3N6. The summed E-state index contributed by atoms with van der Waals surface area (Å²) in [6.07, 6.45) is 6.51. The van der Waals surface area contributed by atoms with Crippen LogP contribution in [0.3, 0.4) is 0 Å². The number of nitrogens with zero attached hydrogens (tertiary/aromatic N) is 4. The maximum atomic E-state index is 6.17. The molecule has 1 saturated carbocycles. The molecule has 1 aliphatic rings. The van der Waals surface area contributed by atoms with Crippen LogP contribution in [0, 0.1) is 0 Å². The van der Waals surface area contributed by atoms with Crippen molar-refractivity contribution in [2.24, 2.45) is 0 Å². The summed E-state index contributed by atoms with van der Waals surface area (Å²) in [5.74, 6) is 0.475. The Morgan fingerprint density at radius 2 is 1.72 bits per heavy atom. The molecule has 130 valence electrons. The number of anilines is 2. The minimum atomic E-state index is 0.154. The van der Waals surface area contributed by atoms with Crippen molar-refractivity contribution in [1.82, 2.24) is 19.5 Å². The molecule has 0 amide bonds. The number of nitrogens with one attached hydrogen (secondary N) is 2. The zero-order valence-electron chi connectivity index (χ0n) is 13.1. The summed E-state index contributed by atoms with van der Waals surface area (Å²) in [7, 11) is 0. The maximum Gasteiger partial charge on any atom is 0.226 e. The largest absolute Gasteiger partial charge is 0.312 e. The molecule has 1 fully saturated rings. The predicted octanol–water partition coefficient (Wildman–Crippen LogP) is 5.34. The summed E-state index contributed by atoms with van der Waals surface area (Å²) in [5, 5.41) is 1.14. The lowest BCUT2D eigenvalue weighted by Gasteiger charge is -2.14. The molecule has 2 heterocycles. The molecule has 0 unspecified atom stereocenters. The number of rotatable bonds is 4. The van der Waals surface area contributed by atoms with Gasteiger partial charge in [0.1, 0.15) is 0 Å². The molecule has 3 aromatic rings. The molecular weight excluding hydrogens is 383 g/mol. The van der Waals surface area contributed by atoms with Crippen LogP contribution in [0.25, 0.3) is 11.2 Å².